The highest BCUT2D eigenvalue weighted by atomic mass is 16.5. The largest absolute Gasteiger partial charge is 0.456 e. The minimum Gasteiger partial charge on any atom is -0.456 e. The van der Waals surface area contributed by atoms with Crippen LogP contribution in [-0.2, 0) is 0 Å². The summed E-state index contributed by atoms with van der Waals surface area (Å²) in [6.45, 7) is 0. The molecule has 0 saturated carbocycles. The molecule has 0 spiro atoms. The van der Waals surface area contributed by atoms with E-state index in [-0.39, 0.29) is 12.2 Å². The molecule has 1 unspecified atom stereocenters. The SMILES string of the molecule is NC(c1ccccc1-c1ccc(-c2ccc3c(c2)-c2c(oc4ccccc24)-c2cc(-c4ccccc4)ccc2O3)cc1)N1C(c2ccccc2)=C[C@H]1c1ccccc1. The molecule has 8 aromatic carbocycles. The van der Waals surface area contributed by atoms with Crippen LogP contribution in [0.1, 0.15) is 28.9 Å². The number of para-hydroxylation sites is 1. The molecule has 0 radical (unpaired) electrons. The zero-order chi connectivity index (χ0) is 38.6. The standard InChI is InChI=1S/C54H38N2O2/c55-54(56-47(38-16-6-2-7-17-38)34-48(56)39-18-8-3-9-19-39)43-21-11-10-20-42(43)37-26-24-36(25-27-37)40-28-30-50-45(32-40)52-44-22-12-13-23-49(44)58-53(52)46-33-41(29-31-51(46)57-50)35-14-4-1-5-15-35/h1-34,47,54H,55H2/t47-,54?/m0/s1. The molecule has 2 atom stereocenters. The Kier molecular flexibility index (Phi) is 8.16. The predicted molar refractivity (Wildman–Crippen MR) is 236 cm³/mol. The molecule has 58 heavy (non-hydrogen) atoms. The van der Waals surface area contributed by atoms with Crippen molar-refractivity contribution in [2.24, 2.45) is 5.73 Å². The lowest BCUT2D eigenvalue weighted by molar-refractivity contribution is 0.229. The highest BCUT2D eigenvalue weighted by Gasteiger charge is 2.36. The Balaban J connectivity index is 0.953. The van der Waals surface area contributed by atoms with E-state index in [2.05, 4.69) is 193 Å². The third kappa shape index (κ3) is 5.73. The van der Waals surface area contributed by atoms with Gasteiger partial charge in [0.1, 0.15) is 29.0 Å². The molecule has 0 bridgehead atoms. The lowest BCUT2D eigenvalue weighted by Crippen LogP contribution is -2.41. The van der Waals surface area contributed by atoms with Gasteiger partial charge in [-0.1, -0.05) is 170 Å². The maximum atomic E-state index is 7.30. The zero-order valence-corrected chi connectivity index (χ0v) is 31.6. The molecule has 2 aliphatic heterocycles. The Morgan fingerprint density at radius 1 is 0.466 bits per heavy atom. The normalized spacial score (nSPS) is 14.6. The average molecular weight is 747 g/mol. The fourth-order valence-corrected chi connectivity index (χ4v) is 8.70. The summed E-state index contributed by atoms with van der Waals surface area (Å²) in [5.74, 6) is 2.38. The summed E-state index contributed by atoms with van der Waals surface area (Å²) < 4.78 is 13.4. The molecule has 4 heteroatoms. The van der Waals surface area contributed by atoms with Gasteiger partial charge in [0.05, 0.1) is 11.6 Å². The first kappa shape index (κ1) is 33.9. The average Bonchev–Trinajstić information content (AvgIpc) is 3.61. The molecular formula is C54H38N2O2. The maximum absolute atomic E-state index is 7.30. The molecule has 0 amide bonds. The van der Waals surface area contributed by atoms with Gasteiger partial charge in [-0.25, -0.2) is 0 Å². The van der Waals surface area contributed by atoms with Crippen LogP contribution in [0.3, 0.4) is 0 Å². The van der Waals surface area contributed by atoms with Crippen molar-refractivity contribution in [2.75, 3.05) is 0 Å². The van der Waals surface area contributed by atoms with Crippen LogP contribution in [0.2, 0.25) is 0 Å². The predicted octanol–water partition coefficient (Wildman–Crippen LogP) is 13.9. The number of ether oxygens (including phenoxy) is 1. The Hall–Kier alpha value is -7.40. The molecule has 1 aromatic heterocycles. The Bertz CT molecular complexity index is 2990. The van der Waals surface area contributed by atoms with Crippen molar-refractivity contribution in [3.05, 3.63) is 223 Å². The van der Waals surface area contributed by atoms with Crippen LogP contribution >= 0.6 is 0 Å². The van der Waals surface area contributed by atoms with E-state index in [0.717, 1.165) is 95.1 Å². The highest BCUT2D eigenvalue weighted by molar-refractivity contribution is 6.05. The number of furan rings is 1. The van der Waals surface area contributed by atoms with Crippen molar-refractivity contribution < 1.29 is 9.15 Å². The van der Waals surface area contributed by atoms with Gasteiger partial charge in [0.15, 0.2) is 0 Å². The van der Waals surface area contributed by atoms with Gasteiger partial charge in [0, 0.05) is 22.2 Å². The van der Waals surface area contributed by atoms with Crippen LogP contribution in [-0.4, -0.2) is 4.90 Å². The first-order valence-corrected chi connectivity index (χ1v) is 19.8. The monoisotopic (exact) mass is 746 g/mol. The Morgan fingerprint density at radius 3 is 1.76 bits per heavy atom. The van der Waals surface area contributed by atoms with Gasteiger partial charge in [-0.2, -0.15) is 0 Å². The third-order valence-corrected chi connectivity index (χ3v) is 11.6. The molecule has 2 aliphatic rings. The maximum Gasteiger partial charge on any atom is 0.147 e. The number of hydrogen-bond acceptors (Lipinski definition) is 4. The van der Waals surface area contributed by atoms with Crippen molar-refractivity contribution in [1.29, 1.82) is 0 Å². The van der Waals surface area contributed by atoms with Crippen molar-refractivity contribution in [1.82, 2.24) is 4.90 Å². The van der Waals surface area contributed by atoms with Crippen LogP contribution in [0.5, 0.6) is 11.5 Å². The van der Waals surface area contributed by atoms with E-state index in [1.54, 1.807) is 0 Å². The number of fused-ring (bicyclic) bond motifs is 7. The number of nitrogens with two attached hydrogens (primary N) is 1. The van der Waals surface area contributed by atoms with Gasteiger partial charge >= 0.3 is 0 Å². The highest BCUT2D eigenvalue weighted by Crippen LogP contribution is 2.53. The summed E-state index contributed by atoms with van der Waals surface area (Å²) in [7, 11) is 0. The summed E-state index contributed by atoms with van der Waals surface area (Å²) in [5, 5.41) is 1.06. The van der Waals surface area contributed by atoms with E-state index in [0.29, 0.717) is 0 Å². The van der Waals surface area contributed by atoms with E-state index < -0.39 is 0 Å². The number of hydrogen-bond donors (Lipinski definition) is 1. The van der Waals surface area contributed by atoms with Gasteiger partial charge in [-0.05, 0) is 86.5 Å². The molecule has 3 heterocycles. The third-order valence-electron chi connectivity index (χ3n) is 11.6. The minimum absolute atomic E-state index is 0.0746. The van der Waals surface area contributed by atoms with E-state index in [4.69, 9.17) is 14.9 Å². The first-order chi connectivity index (χ1) is 28.7. The molecule has 11 rings (SSSR count). The second-order valence-electron chi connectivity index (χ2n) is 15.0. The summed E-state index contributed by atoms with van der Waals surface area (Å²) >= 11 is 0. The lowest BCUT2D eigenvalue weighted by Gasteiger charge is -2.46. The number of nitrogens with zero attached hydrogens (tertiary/aromatic N) is 1. The quantitative estimate of drug-likeness (QED) is 0.176. The molecule has 2 N–H and O–H groups in total. The molecule has 0 aliphatic carbocycles. The van der Waals surface area contributed by atoms with E-state index in [9.17, 15) is 0 Å². The van der Waals surface area contributed by atoms with Gasteiger partial charge in [0.2, 0.25) is 0 Å². The van der Waals surface area contributed by atoms with E-state index >= 15 is 0 Å². The van der Waals surface area contributed by atoms with Crippen molar-refractivity contribution >= 4 is 16.7 Å². The Morgan fingerprint density at radius 2 is 1.02 bits per heavy atom. The van der Waals surface area contributed by atoms with E-state index in [1.807, 2.05) is 18.2 Å². The van der Waals surface area contributed by atoms with Crippen LogP contribution in [0.15, 0.2) is 211 Å². The molecule has 9 aromatic rings. The smallest absolute Gasteiger partial charge is 0.147 e. The summed E-state index contributed by atoms with van der Waals surface area (Å²) in [6.07, 6.45) is 1.96. The number of rotatable bonds is 7. The lowest BCUT2D eigenvalue weighted by atomic mass is 9.89. The van der Waals surface area contributed by atoms with Gasteiger partial charge < -0.3 is 19.8 Å². The topological polar surface area (TPSA) is 51.6 Å². The fraction of sp³-hybridized carbons (Fsp3) is 0.0370. The van der Waals surface area contributed by atoms with Gasteiger partial charge in [-0.15, -0.1) is 0 Å². The van der Waals surface area contributed by atoms with Crippen molar-refractivity contribution in [3.8, 4) is 67.3 Å². The number of benzene rings is 8. The van der Waals surface area contributed by atoms with Crippen LogP contribution in [0, 0.1) is 0 Å². The second-order valence-corrected chi connectivity index (χ2v) is 15.0. The van der Waals surface area contributed by atoms with Crippen LogP contribution in [0.25, 0.3) is 72.5 Å². The summed E-state index contributed by atoms with van der Waals surface area (Å²) in [6, 6.07) is 70.1. The van der Waals surface area contributed by atoms with Crippen LogP contribution in [0.4, 0.5) is 0 Å². The second kappa shape index (κ2) is 14.0. The molecule has 4 nitrogen and oxygen atoms in total. The first-order valence-electron chi connectivity index (χ1n) is 19.8. The summed E-state index contributed by atoms with van der Waals surface area (Å²) in [5.41, 5.74) is 22.4. The van der Waals surface area contributed by atoms with Crippen molar-refractivity contribution in [3.63, 3.8) is 0 Å². The minimum atomic E-state index is -0.363. The summed E-state index contributed by atoms with van der Waals surface area (Å²) in [4.78, 5) is 2.35. The molecule has 0 fully saturated rings. The Labute approximate surface area is 337 Å². The van der Waals surface area contributed by atoms with E-state index in [1.165, 1.54) is 5.56 Å². The van der Waals surface area contributed by atoms with Crippen LogP contribution < -0.4 is 10.5 Å². The van der Waals surface area contributed by atoms with Gasteiger partial charge in [0.25, 0.3) is 0 Å². The zero-order valence-electron chi connectivity index (χ0n) is 31.6. The molecule has 276 valence electrons. The van der Waals surface area contributed by atoms with Crippen molar-refractivity contribution in [2.45, 2.75) is 12.2 Å². The fourth-order valence-electron chi connectivity index (χ4n) is 8.70. The molecule has 0 saturated heterocycles. The van der Waals surface area contributed by atoms with Gasteiger partial charge in [-0.3, -0.25) is 0 Å². The molecular weight excluding hydrogens is 709 g/mol.